The minimum Gasteiger partial charge on any atom is -0.345 e. The fourth-order valence-electron chi connectivity index (χ4n) is 9.31. The number of anilines is 5. The summed E-state index contributed by atoms with van der Waals surface area (Å²) >= 11 is 0. The van der Waals surface area contributed by atoms with E-state index in [1.165, 1.54) is 33.6 Å². The van der Waals surface area contributed by atoms with Gasteiger partial charge in [-0.25, -0.2) is 0 Å². The van der Waals surface area contributed by atoms with E-state index in [-0.39, 0.29) is 0 Å². The molecule has 0 unspecified atom stereocenters. The van der Waals surface area contributed by atoms with Gasteiger partial charge < -0.3 is 9.80 Å². The number of hydrogen-bond donors (Lipinski definition) is 0. The van der Waals surface area contributed by atoms with E-state index < -0.39 is 0 Å². The number of nitrogens with zero attached hydrogens (tertiary/aromatic N) is 4. The fraction of sp³-hybridized carbons (Fsp3) is 0.0877. The number of hydrogen-bond acceptors (Lipinski definition) is 4. The Morgan fingerprint density at radius 1 is 0.344 bits per heavy atom. The molecule has 0 bridgehead atoms. The first-order chi connectivity index (χ1) is 29.7. The summed E-state index contributed by atoms with van der Waals surface area (Å²) in [5.41, 5.74) is 11.9. The zero-order chi connectivity index (χ0) is 41.9. The molecule has 4 heteroatoms. The van der Waals surface area contributed by atoms with Gasteiger partial charge in [0, 0.05) is 56.7 Å². The van der Waals surface area contributed by atoms with Crippen molar-refractivity contribution in [2.45, 2.75) is 27.7 Å². The highest BCUT2D eigenvalue weighted by Crippen LogP contribution is 2.51. The van der Waals surface area contributed by atoms with E-state index in [1.54, 1.807) is 0 Å². The maximum Gasteiger partial charge on any atom is 0.100 e. The number of rotatable bonds is 5. The SMILES string of the molecule is Cc1ccc(N(C)c2ccc(C)cc2)cc1.Cc1ccc(N(c2ccc(C)cc2)c2ccc3c4c(C#N)c5c6cccc7cccc(c5c(C#N)c4c4cccc2c43)c76)cc1. The molecule has 61 heavy (non-hydrogen) atoms. The van der Waals surface area contributed by atoms with Gasteiger partial charge in [-0.1, -0.05) is 131 Å². The van der Waals surface area contributed by atoms with Gasteiger partial charge >= 0.3 is 0 Å². The van der Waals surface area contributed by atoms with Gasteiger partial charge in [-0.2, -0.15) is 10.5 Å². The van der Waals surface area contributed by atoms with Crippen molar-refractivity contribution in [1.82, 2.24) is 0 Å². The molecule has 0 aliphatic rings. The molecule has 0 aromatic heterocycles. The second-order valence-corrected chi connectivity index (χ2v) is 16.3. The summed E-state index contributed by atoms with van der Waals surface area (Å²) in [7, 11) is 2.09. The van der Waals surface area contributed by atoms with Crippen molar-refractivity contribution in [1.29, 1.82) is 10.5 Å². The zero-order valence-electron chi connectivity index (χ0n) is 34.9. The van der Waals surface area contributed by atoms with E-state index in [0.717, 1.165) is 81.7 Å². The quantitative estimate of drug-likeness (QED) is 0.174. The lowest BCUT2D eigenvalue weighted by Gasteiger charge is -2.27. The Morgan fingerprint density at radius 3 is 1.10 bits per heavy atom. The van der Waals surface area contributed by atoms with Crippen LogP contribution in [0.25, 0.3) is 64.6 Å². The van der Waals surface area contributed by atoms with E-state index in [2.05, 4.69) is 208 Å². The van der Waals surface area contributed by atoms with Crippen LogP contribution in [0.5, 0.6) is 0 Å². The highest BCUT2D eigenvalue weighted by molar-refractivity contribution is 6.42. The van der Waals surface area contributed by atoms with Crippen LogP contribution in [-0.2, 0) is 0 Å². The molecule has 11 aromatic rings. The summed E-state index contributed by atoms with van der Waals surface area (Å²) in [6, 6.07) is 62.8. The van der Waals surface area contributed by atoms with Crippen LogP contribution in [0.2, 0.25) is 0 Å². The van der Waals surface area contributed by atoms with Gasteiger partial charge in [0.25, 0.3) is 0 Å². The van der Waals surface area contributed by atoms with Crippen LogP contribution in [0, 0.1) is 50.4 Å². The molecule has 0 atom stereocenters. The summed E-state index contributed by atoms with van der Waals surface area (Å²) in [6.07, 6.45) is 0. The van der Waals surface area contributed by atoms with Gasteiger partial charge in [-0.3, -0.25) is 0 Å². The van der Waals surface area contributed by atoms with Gasteiger partial charge in [0.1, 0.15) is 12.1 Å². The second-order valence-electron chi connectivity index (χ2n) is 16.3. The molecule has 11 aromatic carbocycles. The fourth-order valence-corrected chi connectivity index (χ4v) is 9.31. The molecule has 4 nitrogen and oxygen atoms in total. The maximum atomic E-state index is 10.8. The van der Waals surface area contributed by atoms with Crippen LogP contribution >= 0.6 is 0 Å². The lowest BCUT2D eigenvalue weighted by molar-refractivity contribution is 1.20. The molecule has 11 rings (SSSR count). The topological polar surface area (TPSA) is 54.1 Å². The first kappa shape index (κ1) is 37.4. The van der Waals surface area contributed by atoms with Crippen molar-refractivity contribution >= 4 is 93.1 Å². The van der Waals surface area contributed by atoms with Crippen LogP contribution in [0.3, 0.4) is 0 Å². The number of nitriles is 2. The molecular formula is C57H42N4. The molecule has 290 valence electrons. The molecule has 0 N–H and O–H groups in total. The Hall–Kier alpha value is -7.92. The first-order valence-electron chi connectivity index (χ1n) is 20.7. The molecule has 0 spiro atoms. The average Bonchev–Trinajstić information content (AvgIpc) is 3.80. The van der Waals surface area contributed by atoms with Crippen LogP contribution in [0.1, 0.15) is 33.4 Å². The van der Waals surface area contributed by atoms with Gasteiger partial charge in [-0.05, 0) is 120 Å². The Balaban J connectivity index is 0.000000235. The molecule has 0 aliphatic heterocycles. The molecule has 0 radical (unpaired) electrons. The van der Waals surface area contributed by atoms with E-state index in [0.29, 0.717) is 11.1 Å². The predicted octanol–water partition coefficient (Wildman–Crippen LogP) is 15.4. The summed E-state index contributed by atoms with van der Waals surface area (Å²) in [6.45, 7) is 8.42. The van der Waals surface area contributed by atoms with Crippen LogP contribution in [0.4, 0.5) is 28.4 Å². The van der Waals surface area contributed by atoms with Crippen molar-refractivity contribution < 1.29 is 0 Å². The summed E-state index contributed by atoms with van der Waals surface area (Å²) < 4.78 is 0. The van der Waals surface area contributed by atoms with E-state index in [1.807, 2.05) is 12.1 Å². The summed E-state index contributed by atoms with van der Waals surface area (Å²) in [5.74, 6) is 0. The Bertz CT molecular complexity index is 3320. The van der Waals surface area contributed by atoms with Gasteiger partial charge in [0.2, 0.25) is 0 Å². The highest BCUT2D eigenvalue weighted by atomic mass is 15.1. The normalized spacial score (nSPS) is 11.3. The van der Waals surface area contributed by atoms with Crippen molar-refractivity contribution in [2.75, 3.05) is 16.8 Å². The van der Waals surface area contributed by atoms with E-state index in [9.17, 15) is 10.5 Å². The van der Waals surface area contributed by atoms with E-state index >= 15 is 0 Å². The lowest BCUT2D eigenvalue weighted by Crippen LogP contribution is -2.10. The smallest absolute Gasteiger partial charge is 0.100 e. The molecular weight excluding hydrogens is 741 g/mol. The molecule has 0 saturated carbocycles. The third-order valence-electron chi connectivity index (χ3n) is 12.4. The van der Waals surface area contributed by atoms with Crippen LogP contribution < -0.4 is 9.80 Å². The summed E-state index contributed by atoms with van der Waals surface area (Å²) in [4.78, 5) is 4.50. The number of aryl methyl sites for hydroxylation is 4. The lowest BCUT2D eigenvalue weighted by atomic mass is 9.94. The van der Waals surface area contributed by atoms with E-state index in [4.69, 9.17) is 0 Å². The average molecular weight is 783 g/mol. The largest absolute Gasteiger partial charge is 0.345 e. The minimum absolute atomic E-state index is 0.641. The molecule has 0 fully saturated rings. The highest BCUT2D eigenvalue weighted by Gasteiger charge is 2.27. The van der Waals surface area contributed by atoms with Crippen LogP contribution in [-0.4, -0.2) is 7.05 Å². The molecule has 0 saturated heterocycles. The molecule has 0 amide bonds. The van der Waals surface area contributed by atoms with Gasteiger partial charge in [0.05, 0.1) is 16.8 Å². The Kier molecular flexibility index (Phi) is 9.01. The maximum absolute atomic E-state index is 10.8. The second kappa shape index (κ2) is 14.7. The molecule has 0 heterocycles. The number of benzene rings is 9. The predicted molar refractivity (Wildman–Crippen MR) is 258 cm³/mol. The summed E-state index contributed by atoms with van der Waals surface area (Å²) in [5, 5.41) is 33.7. The van der Waals surface area contributed by atoms with Crippen molar-refractivity contribution in [3.05, 3.63) is 197 Å². The first-order valence-corrected chi connectivity index (χ1v) is 20.7. The van der Waals surface area contributed by atoms with Crippen molar-refractivity contribution in [2.24, 2.45) is 0 Å². The molecule has 0 aliphatic carbocycles. The van der Waals surface area contributed by atoms with Crippen LogP contribution in [0.15, 0.2) is 164 Å². The van der Waals surface area contributed by atoms with Gasteiger partial charge in [-0.15, -0.1) is 0 Å². The third-order valence-corrected chi connectivity index (χ3v) is 12.4. The zero-order valence-corrected chi connectivity index (χ0v) is 34.9. The standard InChI is InChI=1S/C42H25N3.C15H17N/c1-24-12-16-27(17-13-24)45(28-18-14-25(2)15-19-28)36-21-20-33-38-29(36)8-5-11-32(38)41-34(22-43)39-30-9-3-6-26-7-4-10-31(37(26)30)40(39)35(23-44)42(33)41;1-12-4-8-14(9-5-12)16(3)15-10-6-13(2)7-11-15/h3-21H,1-2H3;4-11H,1-3H3. The number of fused-ring (bicyclic) bond motifs is 6. The van der Waals surface area contributed by atoms with Crippen molar-refractivity contribution in [3.63, 3.8) is 0 Å². The Morgan fingerprint density at radius 2 is 0.689 bits per heavy atom. The van der Waals surface area contributed by atoms with Gasteiger partial charge in [0.15, 0.2) is 0 Å². The Labute approximate surface area is 356 Å². The minimum atomic E-state index is 0.641. The monoisotopic (exact) mass is 782 g/mol. The van der Waals surface area contributed by atoms with Crippen molar-refractivity contribution in [3.8, 4) is 12.1 Å². The third kappa shape index (κ3) is 6.04.